The molecule has 0 radical (unpaired) electrons. The minimum Gasteiger partial charge on any atom is -0.486 e. The van der Waals surface area contributed by atoms with Crippen molar-refractivity contribution in [1.29, 1.82) is 0 Å². The summed E-state index contributed by atoms with van der Waals surface area (Å²) in [4.78, 5) is 29.0. The van der Waals surface area contributed by atoms with E-state index >= 15 is 0 Å². The molecule has 0 amide bonds. The van der Waals surface area contributed by atoms with Gasteiger partial charge in [-0.25, -0.2) is 14.4 Å². The van der Waals surface area contributed by atoms with E-state index in [-0.39, 0.29) is 17.2 Å². The third-order valence-electron chi connectivity index (χ3n) is 4.78. The van der Waals surface area contributed by atoms with Gasteiger partial charge in [0.1, 0.15) is 40.9 Å². The summed E-state index contributed by atoms with van der Waals surface area (Å²) >= 11 is 7.27. The second-order valence-electron chi connectivity index (χ2n) is 7.30. The summed E-state index contributed by atoms with van der Waals surface area (Å²) in [5.74, 6) is 0.137. The Balaban J connectivity index is 1.63. The van der Waals surface area contributed by atoms with E-state index in [1.165, 1.54) is 29.5 Å². The van der Waals surface area contributed by atoms with Crippen LogP contribution in [0.5, 0.6) is 5.75 Å². The molecule has 0 unspecified atom stereocenters. The van der Waals surface area contributed by atoms with Crippen molar-refractivity contribution < 1.29 is 9.13 Å². The van der Waals surface area contributed by atoms with Gasteiger partial charge in [-0.2, -0.15) is 0 Å². The highest BCUT2D eigenvalue weighted by Crippen LogP contribution is 2.28. The number of aromatic nitrogens is 4. The maximum atomic E-state index is 13.3. The van der Waals surface area contributed by atoms with Gasteiger partial charge in [0.05, 0.1) is 10.4 Å². The molecule has 166 valence electrons. The fraction of sp³-hybridized carbons (Fsp3) is 0.273. The summed E-state index contributed by atoms with van der Waals surface area (Å²) in [6, 6.07) is 5.96. The molecule has 10 heteroatoms. The number of hydrogen-bond acceptors (Lipinski definition) is 7. The van der Waals surface area contributed by atoms with E-state index in [2.05, 4.69) is 39.1 Å². The molecule has 0 aliphatic heterocycles. The molecule has 4 rings (SSSR count). The van der Waals surface area contributed by atoms with Gasteiger partial charge in [-0.15, -0.1) is 11.3 Å². The van der Waals surface area contributed by atoms with Gasteiger partial charge in [0.15, 0.2) is 5.13 Å². The number of benzene rings is 1. The Labute approximate surface area is 192 Å². The minimum atomic E-state index is -0.534. The van der Waals surface area contributed by atoms with Crippen LogP contribution in [0.1, 0.15) is 32.5 Å². The van der Waals surface area contributed by atoms with Gasteiger partial charge in [-0.05, 0) is 31.5 Å². The zero-order valence-corrected chi connectivity index (χ0v) is 19.1. The van der Waals surface area contributed by atoms with Gasteiger partial charge in [-0.3, -0.25) is 9.78 Å². The average molecular weight is 474 g/mol. The summed E-state index contributed by atoms with van der Waals surface area (Å²) in [6.07, 6.45) is 3.69. The Morgan fingerprint density at radius 3 is 2.94 bits per heavy atom. The molecule has 0 spiro atoms. The van der Waals surface area contributed by atoms with E-state index in [9.17, 15) is 9.18 Å². The summed E-state index contributed by atoms with van der Waals surface area (Å²) in [5, 5.41) is 6.43. The molecule has 0 fully saturated rings. The number of halogens is 2. The molecule has 32 heavy (non-hydrogen) atoms. The molecule has 0 saturated carbocycles. The van der Waals surface area contributed by atoms with E-state index in [4.69, 9.17) is 16.3 Å². The van der Waals surface area contributed by atoms with Crippen LogP contribution in [0.3, 0.4) is 0 Å². The van der Waals surface area contributed by atoms with Crippen molar-refractivity contribution in [2.45, 2.75) is 39.3 Å². The normalized spacial score (nSPS) is 12.1. The van der Waals surface area contributed by atoms with Crippen LogP contribution in [-0.4, -0.2) is 26.0 Å². The number of nitrogens with one attached hydrogen (secondary N) is 2. The second-order valence-corrected chi connectivity index (χ2v) is 8.57. The Morgan fingerprint density at radius 2 is 2.16 bits per heavy atom. The van der Waals surface area contributed by atoms with Crippen LogP contribution in [0.15, 0.2) is 40.6 Å². The molecule has 7 nitrogen and oxygen atoms in total. The highest BCUT2D eigenvalue weighted by molar-refractivity contribution is 7.14. The van der Waals surface area contributed by atoms with E-state index in [1.807, 2.05) is 5.38 Å². The highest BCUT2D eigenvalue weighted by Gasteiger charge is 2.15. The van der Waals surface area contributed by atoms with Crippen molar-refractivity contribution >= 4 is 39.0 Å². The zero-order valence-electron chi connectivity index (χ0n) is 17.5. The zero-order chi connectivity index (χ0) is 22.7. The smallest absolute Gasteiger partial charge is 0.258 e. The van der Waals surface area contributed by atoms with Crippen LogP contribution >= 0.6 is 22.9 Å². The van der Waals surface area contributed by atoms with Gasteiger partial charge in [-0.1, -0.05) is 24.9 Å². The number of nitrogens with zero attached hydrogens (tertiary/aromatic N) is 3. The number of rotatable bonds is 8. The van der Waals surface area contributed by atoms with Crippen molar-refractivity contribution in [2.75, 3.05) is 5.32 Å². The first-order valence-corrected chi connectivity index (χ1v) is 11.4. The topological polar surface area (TPSA) is 92.8 Å². The van der Waals surface area contributed by atoms with Crippen molar-refractivity contribution in [1.82, 2.24) is 19.9 Å². The fourth-order valence-electron chi connectivity index (χ4n) is 3.25. The highest BCUT2D eigenvalue weighted by atomic mass is 35.5. The first kappa shape index (κ1) is 22.2. The Morgan fingerprint density at radius 1 is 1.31 bits per heavy atom. The lowest BCUT2D eigenvalue weighted by Crippen LogP contribution is -2.15. The van der Waals surface area contributed by atoms with Crippen molar-refractivity contribution in [3.63, 3.8) is 0 Å². The molecule has 0 bridgehead atoms. The maximum absolute atomic E-state index is 13.3. The van der Waals surface area contributed by atoms with Crippen molar-refractivity contribution in [3.8, 4) is 17.1 Å². The SMILES string of the molecule is CCC[C@H](C)Nc1nc(-c2nccc3c(=O)[nH]c(COc4ccc(F)c(Cl)c4)nc23)cs1. The van der Waals surface area contributed by atoms with Gasteiger partial charge in [0, 0.05) is 23.7 Å². The van der Waals surface area contributed by atoms with Crippen molar-refractivity contribution in [3.05, 3.63) is 62.9 Å². The van der Waals surface area contributed by atoms with Crippen LogP contribution in [0.25, 0.3) is 22.3 Å². The first-order valence-electron chi connectivity index (χ1n) is 10.1. The van der Waals surface area contributed by atoms with Crippen molar-refractivity contribution in [2.24, 2.45) is 0 Å². The fourth-order valence-corrected chi connectivity index (χ4v) is 4.23. The molecule has 0 aliphatic rings. The molecule has 1 atom stereocenters. The molecular formula is C22H21ClFN5O2S. The van der Waals surface area contributed by atoms with Gasteiger partial charge >= 0.3 is 0 Å². The van der Waals surface area contributed by atoms with Crippen LogP contribution in [0.2, 0.25) is 5.02 Å². The molecule has 3 heterocycles. The minimum absolute atomic E-state index is 0.0279. The molecule has 2 N–H and O–H groups in total. The predicted octanol–water partition coefficient (Wildman–Crippen LogP) is 5.41. The molecule has 1 aromatic carbocycles. The maximum Gasteiger partial charge on any atom is 0.258 e. The number of hydrogen-bond donors (Lipinski definition) is 2. The molecule has 0 saturated heterocycles. The predicted molar refractivity (Wildman–Crippen MR) is 125 cm³/mol. The van der Waals surface area contributed by atoms with Crippen LogP contribution in [-0.2, 0) is 6.61 Å². The summed E-state index contributed by atoms with van der Waals surface area (Å²) in [7, 11) is 0. The first-order chi connectivity index (χ1) is 15.4. The summed E-state index contributed by atoms with van der Waals surface area (Å²) in [6.45, 7) is 4.23. The Bertz CT molecular complexity index is 1310. The number of ether oxygens (including phenoxy) is 1. The third kappa shape index (κ3) is 4.89. The van der Waals surface area contributed by atoms with E-state index in [0.29, 0.717) is 39.9 Å². The Hall–Kier alpha value is -3.04. The number of thiazole rings is 1. The molecule has 4 aromatic rings. The summed E-state index contributed by atoms with van der Waals surface area (Å²) in [5.41, 5.74) is 1.29. The van der Waals surface area contributed by atoms with Crippen LogP contribution < -0.4 is 15.6 Å². The number of aromatic amines is 1. The average Bonchev–Trinajstić information content (AvgIpc) is 3.22. The third-order valence-corrected chi connectivity index (χ3v) is 5.84. The lowest BCUT2D eigenvalue weighted by Gasteiger charge is -2.10. The molecular weight excluding hydrogens is 453 g/mol. The van der Waals surface area contributed by atoms with Gasteiger partial charge < -0.3 is 15.0 Å². The van der Waals surface area contributed by atoms with E-state index in [0.717, 1.165) is 18.0 Å². The Kier molecular flexibility index (Phi) is 6.66. The monoisotopic (exact) mass is 473 g/mol. The largest absolute Gasteiger partial charge is 0.486 e. The van der Waals surface area contributed by atoms with E-state index in [1.54, 1.807) is 12.3 Å². The number of pyridine rings is 1. The van der Waals surface area contributed by atoms with E-state index < -0.39 is 5.82 Å². The second kappa shape index (κ2) is 9.62. The lowest BCUT2D eigenvalue weighted by atomic mass is 10.2. The lowest BCUT2D eigenvalue weighted by molar-refractivity contribution is 0.295. The number of fused-ring (bicyclic) bond motifs is 1. The van der Waals surface area contributed by atoms with Crippen LogP contribution in [0.4, 0.5) is 9.52 Å². The molecule has 3 aromatic heterocycles. The quantitative estimate of drug-likeness (QED) is 0.355. The van der Waals surface area contributed by atoms with Gasteiger partial charge in [0.25, 0.3) is 5.56 Å². The molecule has 0 aliphatic carbocycles. The summed E-state index contributed by atoms with van der Waals surface area (Å²) < 4.78 is 19.0. The number of anilines is 1. The standard InChI is InChI=1S/C22H21ClFN5O2S/c1-3-4-12(2)26-22-27-17(11-32-22)20-19-14(7-8-25-20)21(30)29-18(28-19)10-31-13-5-6-16(24)15(23)9-13/h5-9,11-12H,3-4,10H2,1-2H3,(H,26,27)(H,28,29,30)/t12-/m0/s1. The van der Waals surface area contributed by atoms with Crippen LogP contribution in [0, 0.1) is 5.82 Å². The number of H-pyrrole nitrogens is 1. The van der Waals surface area contributed by atoms with Gasteiger partial charge in [0.2, 0.25) is 0 Å².